The predicted molar refractivity (Wildman–Crippen MR) is 60.6 cm³/mol. The molecule has 1 fully saturated rings. The van der Waals surface area contributed by atoms with Gasteiger partial charge in [-0.05, 0) is 43.5 Å². The highest BCUT2D eigenvalue weighted by Crippen LogP contribution is 2.19. The molecule has 2 rings (SSSR count). The second-order valence-corrected chi connectivity index (χ2v) is 4.30. The predicted octanol–water partition coefficient (Wildman–Crippen LogP) is 2.43. The van der Waals surface area contributed by atoms with Crippen molar-refractivity contribution in [2.45, 2.75) is 25.3 Å². The fourth-order valence-corrected chi connectivity index (χ4v) is 2.10. The lowest BCUT2D eigenvalue weighted by molar-refractivity contribution is 0.418. The zero-order valence-corrected chi connectivity index (χ0v) is 8.87. The molecule has 0 N–H and O–H groups in total. The molecule has 1 atom stereocenters. The Kier molecular flexibility index (Phi) is 3.14. The molecule has 1 aliphatic rings. The van der Waals surface area contributed by atoms with Crippen molar-refractivity contribution in [2.24, 2.45) is 0 Å². The fourth-order valence-electron chi connectivity index (χ4n) is 1.97. The fraction of sp³-hybridized carbons (Fsp3) is 0.455. The van der Waals surface area contributed by atoms with Crippen molar-refractivity contribution in [1.29, 1.82) is 0 Å². The zero-order chi connectivity index (χ0) is 9.97. The van der Waals surface area contributed by atoms with Gasteiger partial charge in [-0.25, -0.2) is 0 Å². The molecule has 0 amide bonds. The van der Waals surface area contributed by atoms with Crippen LogP contribution in [-0.4, -0.2) is 25.4 Å². The van der Waals surface area contributed by atoms with Gasteiger partial charge in [0.1, 0.15) is 0 Å². The first-order valence-corrected chi connectivity index (χ1v) is 5.39. The van der Waals surface area contributed by atoms with Crippen LogP contribution in [0.15, 0.2) is 24.3 Å². The Bertz CT molecular complexity index is 299. The molecule has 3 heteroatoms. The van der Waals surface area contributed by atoms with Gasteiger partial charge in [-0.15, -0.1) is 0 Å². The van der Waals surface area contributed by atoms with Crippen LogP contribution in [0.4, 0.5) is 0 Å². The van der Waals surface area contributed by atoms with Crippen LogP contribution >= 0.6 is 11.6 Å². The van der Waals surface area contributed by atoms with Crippen LogP contribution in [0.25, 0.3) is 0 Å². The minimum atomic E-state index is 0.510. The Hall–Kier alpha value is -0.465. The molecule has 1 unspecified atom stereocenters. The van der Waals surface area contributed by atoms with Crippen LogP contribution in [-0.2, 0) is 6.42 Å². The maximum Gasteiger partial charge on any atom is 0.182 e. The molecule has 0 aliphatic carbocycles. The quantitative estimate of drug-likeness (QED) is 0.671. The third-order valence-corrected chi connectivity index (χ3v) is 3.06. The number of rotatable bonds is 2. The number of hydrogen-bond acceptors (Lipinski definition) is 1. The van der Waals surface area contributed by atoms with E-state index >= 15 is 0 Å². The summed E-state index contributed by atoms with van der Waals surface area (Å²) in [5.41, 5.74) is 1.32. The number of hydrogen-bond donors (Lipinski definition) is 0. The molecule has 1 saturated heterocycles. The molecule has 2 radical (unpaired) electrons. The first kappa shape index (κ1) is 10.1. The maximum atomic E-state index is 5.86. The smallest absolute Gasteiger partial charge is 0.182 e. The first-order chi connectivity index (χ1) is 6.75. The van der Waals surface area contributed by atoms with Gasteiger partial charge in [-0.3, -0.25) is 0 Å². The summed E-state index contributed by atoms with van der Waals surface area (Å²) in [6, 6.07) is 8.54. The normalized spacial score (nSPS) is 22.8. The monoisotopic (exact) mass is 205 g/mol. The van der Waals surface area contributed by atoms with Crippen LogP contribution in [0.5, 0.6) is 0 Å². The number of benzene rings is 1. The molecular formula is C11H13BClN. The molecule has 14 heavy (non-hydrogen) atoms. The van der Waals surface area contributed by atoms with Gasteiger partial charge < -0.3 is 4.81 Å². The Morgan fingerprint density at radius 3 is 2.64 bits per heavy atom. The Labute approximate surface area is 91.5 Å². The van der Waals surface area contributed by atoms with E-state index < -0.39 is 0 Å². The van der Waals surface area contributed by atoms with Crippen LogP contribution in [0.3, 0.4) is 0 Å². The molecule has 0 spiro atoms. The summed E-state index contributed by atoms with van der Waals surface area (Å²) in [6.07, 6.45) is 3.46. The number of nitrogens with zero attached hydrogens (tertiary/aromatic N) is 1. The van der Waals surface area contributed by atoms with E-state index in [0.29, 0.717) is 6.04 Å². The molecular weight excluding hydrogens is 192 g/mol. The third-order valence-electron chi connectivity index (χ3n) is 2.81. The highest BCUT2D eigenvalue weighted by atomic mass is 35.5. The molecule has 72 valence electrons. The summed E-state index contributed by atoms with van der Waals surface area (Å²) in [5, 5.41) is 0.796. The zero-order valence-electron chi connectivity index (χ0n) is 8.12. The first-order valence-electron chi connectivity index (χ1n) is 5.01. The largest absolute Gasteiger partial charge is 0.351 e. The van der Waals surface area contributed by atoms with Crippen LogP contribution < -0.4 is 0 Å². The molecule has 1 aromatic rings. The lowest BCUT2D eigenvalue weighted by atomic mass is 10.0. The van der Waals surface area contributed by atoms with Crippen LogP contribution in [0, 0.1) is 0 Å². The van der Waals surface area contributed by atoms with Gasteiger partial charge in [0.2, 0.25) is 0 Å². The summed E-state index contributed by atoms with van der Waals surface area (Å²) < 4.78 is 0. The summed E-state index contributed by atoms with van der Waals surface area (Å²) in [7, 11) is 5.86. The van der Waals surface area contributed by atoms with Gasteiger partial charge in [0.25, 0.3) is 0 Å². The van der Waals surface area contributed by atoms with E-state index in [-0.39, 0.29) is 0 Å². The van der Waals surface area contributed by atoms with Crippen molar-refractivity contribution >= 4 is 19.6 Å². The third kappa shape index (κ3) is 2.31. The van der Waals surface area contributed by atoms with Crippen LogP contribution in [0.2, 0.25) is 5.02 Å². The van der Waals surface area contributed by atoms with E-state index in [1.54, 1.807) is 0 Å². The average molecular weight is 205 g/mol. The lowest BCUT2D eigenvalue weighted by Crippen LogP contribution is -2.28. The summed E-state index contributed by atoms with van der Waals surface area (Å²) in [6.45, 7) is 1.03. The van der Waals surface area contributed by atoms with E-state index in [2.05, 4.69) is 12.1 Å². The molecule has 0 aromatic heterocycles. The molecule has 1 heterocycles. The van der Waals surface area contributed by atoms with Gasteiger partial charge >= 0.3 is 0 Å². The van der Waals surface area contributed by atoms with E-state index in [1.807, 2.05) is 16.9 Å². The average Bonchev–Trinajstić information content (AvgIpc) is 2.56. The van der Waals surface area contributed by atoms with E-state index in [4.69, 9.17) is 19.6 Å². The van der Waals surface area contributed by atoms with Crippen molar-refractivity contribution in [3.8, 4) is 0 Å². The van der Waals surface area contributed by atoms with Crippen molar-refractivity contribution in [3.63, 3.8) is 0 Å². The second kappa shape index (κ2) is 4.37. The Balaban J connectivity index is 2.00. The molecule has 1 aliphatic heterocycles. The van der Waals surface area contributed by atoms with E-state index in [1.165, 1.54) is 18.4 Å². The Morgan fingerprint density at radius 1 is 1.36 bits per heavy atom. The highest BCUT2D eigenvalue weighted by molar-refractivity contribution is 6.30. The summed E-state index contributed by atoms with van der Waals surface area (Å²) >= 11 is 5.82. The number of halogens is 1. The molecule has 1 aromatic carbocycles. The SMILES string of the molecule is [B]N1CCCC1Cc1ccc(Cl)cc1. The molecule has 1 nitrogen and oxygen atoms in total. The maximum absolute atomic E-state index is 5.86. The van der Waals surface area contributed by atoms with Gasteiger partial charge in [0.15, 0.2) is 7.98 Å². The Morgan fingerprint density at radius 2 is 2.07 bits per heavy atom. The lowest BCUT2D eigenvalue weighted by Gasteiger charge is -2.19. The minimum Gasteiger partial charge on any atom is -0.351 e. The van der Waals surface area contributed by atoms with Gasteiger partial charge in [0, 0.05) is 11.1 Å². The molecule has 0 bridgehead atoms. The second-order valence-electron chi connectivity index (χ2n) is 3.86. The summed E-state index contributed by atoms with van der Waals surface area (Å²) in [4.78, 5) is 1.95. The highest BCUT2D eigenvalue weighted by Gasteiger charge is 2.19. The summed E-state index contributed by atoms with van der Waals surface area (Å²) in [5.74, 6) is 0. The van der Waals surface area contributed by atoms with Gasteiger partial charge in [0.05, 0.1) is 0 Å². The van der Waals surface area contributed by atoms with Crippen molar-refractivity contribution in [3.05, 3.63) is 34.9 Å². The van der Waals surface area contributed by atoms with Crippen molar-refractivity contribution in [2.75, 3.05) is 6.54 Å². The van der Waals surface area contributed by atoms with Gasteiger partial charge in [-0.2, -0.15) is 0 Å². The van der Waals surface area contributed by atoms with Crippen molar-refractivity contribution < 1.29 is 0 Å². The van der Waals surface area contributed by atoms with Crippen LogP contribution in [0.1, 0.15) is 18.4 Å². The minimum absolute atomic E-state index is 0.510. The standard InChI is InChI=1S/C11H13BClN/c12-14-7-1-2-11(14)8-9-3-5-10(13)6-4-9/h3-6,11H,1-2,7-8H2. The van der Waals surface area contributed by atoms with Crippen molar-refractivity contribution in [1.82, 2.24) is 4.81 Å². The van der Waals surface area contributed by atoms with E-state index in [0.717, 1.165) is 18.0 Å². The topological polar surface area (TPSA) is 3.24 Å². The van der Waals surface area contributed by atoms with Gasteiger partial charge in [-0.1, -0.05) is 23.7 Å². The van der Waals surface area contributed by atoms with E-state index in [9.17, 15) is 0 Å². The molecule has 0 saturated carbocycles.